The molecule has 13 heteroatoms. The van der Waals surface area contributed by atoms with Crippen LogP contribution in [-0.4, -0.2) is 82.5 Å². The molecule has 1 saturated heterocycles. The molecule has 11 nitrogen and oxygen atoms in total. The molecule has 33 heavy (non-hydrogen) atoms. The highest BCUT2D eigenvalue weighted by Gasteiger charge is 2.30. The van der Waals surface area contributed by atoms with Crippen LogP contribution in [0.5, 0.6) is 0 Å². The maximum Gasteiger partial charge on any atom is 0.338 e. The van der Waals surface area contributed by atoms with Gasteiger partial charge in [0.05, 0.1) is 16.1 Å². The van der Waals surface area contributed by atoms with E-state index in [1.54, 1.807) is 24.3 Å². The maximum atomic E-state index is 12.7. The maximum absolute atomic E-state index is 12.7. The van der Waals surface area contributed by atoms with Crippen LogP contribution in [0.4, 0.5) is 0 Å². The Morgan fingerprint density at radius 1 is 0.970 bits per heavy atom. The van der Waals surface area contributed by atoms with E-state index in [9.17, 15) is 18.0 Å². The van der Waals surface area contributed by atoms with Gasteiger partial charge in [-0.3, -0.25) is 4.79 Å². The lowest BCUT2D eigenvalue weighted by atomic mass is 10.2. The third-order valence-corrected chi connectivity index (χ3v) is 7.25. The van der Waals surface area contributed by atoms with Crippen molar-refractivity contribution in [2.75, 3.05) is 32.8 Å². The normalized spacial score (nSPS) is 14.8. The molecular weight excluding hydrogens is 472 g/mol. The average molecular weight is 491 g/mol. The fraction of sp³-hybridized carbons (Fsp3) is 0.250. The fourth-order valence-electron chi connectivity index (χ4n) is 3.27. The molecular formula is C20H19ClN6O5S. The van der Waals surface area contributed by atoms with Crippen LogP contribution in [0.15, 0.2) is 59.8 Å². The van der Waals surface area contributed by atoms with Crippen molar-refractivity contribution < 1.29 is 22.7 Å². The van der Waals surface area contributed by atoms with E-state index in [1.165, 1.54) is 44.5 Å². The lowest BCUT2D eigenvalue weighted by Crippen LogP contribution is -2.51. The van der Waals surface area contributed by atoms with Crippen LogP contribution in [0.2, 0.25) is 5.02 Å². The number of carbonyl (C=O) groups excluding carboxylic acids is 2. The second-order valence-corrected chi connectivity index (χ2v) is 9.49. The van der Waals surface area contributed by atoms with E-state index in [2.05, 4.69) is 15.5 Å². The molecule has 4 rings (SSSR count). The predicted molar refractivity (Wildman–Crippen MR) is 116 cm³/mol. The van der Waals surface area contributed by atoms with Gasteiger partial charge in [-0.15, -0.1) is 5.10 Å². The zero-order valence-corrected chi connectivity index (χ0v) is 18.8. The number of hydrogen-bond acceptors (Lipinski definition) is 8. The van der Waals surface area contributed by atoms with Gasteiger partial charge in [0.15, 0.2) is 6.61 Å². The molecule has 1 aromatic heterocycles. The lowest BCUT2D eigenvalue weighted by Gasteiger charge is -2.33. The summed E-state index contributed by atoms with van der Waals surface area (Å²) in [5.41, 5.74) is 0.942. The van der Waals surface area contributed by atoms with E-state index >= 15 is 0 Å². The summed E-state index contributed by atoms with van der Waals surface area (Å²) in [5.74, 6) is -1.03. The number of carbonyl (C=O) groups is 2. The standard InChI is InChI=1S/C20H19ClN6O5S/c21-16-3-7-18(8-4-16)33(30,31)26-11-9-25(10-12-26)19(28)13-32-20(29)15-1-5-17(6-2-15)27-14-22-23-24-27/h1-8,14H,9-13H2. The Labute approximate surface area is 194 Å². The molecule has 0 bridgehead atoms. The zero-order chi connectivity index (χ0) is 23.4. The highest BCUT2D eigenvalue weighted by atomic mass is 35.5. The van der Waals surface area contributed by atoms with Crippen LogP contribution in [0, 0.1) is 0 Å². The second kappa shape index (κ2) is 9.65. The summed E-state index contributed by atoms with van der Waals surface area (Å²) in [6.45, 7) is 0.248. The number of esters is 1. The predicted octanol–water partition coefficient (Wildman–Crippen LogP) is 1.01. The molecule has 0 aliphatic carbocycles. The van der Waals surface area contributed by atoms with Gasteiger partial charge in [0.2, 0.25) is 10.0 Å². The first-order valence-electron chi connectivity index (χ1n) is 9.88. The number of benzene rings is 2. The van der Waals surface area contributed by atoms with Crippen molar-refractivity contribution in [2.24, 2.45) is 0 Å². The Balaban J connectivity index is 1.28. The van der Waals surface area contributed by atoms with Gasteiger partial charge in [-0.25, -0.2) is 17.9 Å². The number of tetrazole rings is 1. The van der Waals surface area contributed by atoms with Gasteiger partial charge in [0.25, 0.3) is 5.91 Å². The highest BCUT2D eigenvalue weighted by Crippen LogP contribution is 2.20. The largest absolute Gasteiger partial charge is 0.452 e. The summed E-state index contributed by atoms with van der Waals surface area (Å²) in [5, 5.41) is 11.3. The summed E-state index contributed by atoms with van der Waals surface area (Å²) >= 11 is 5.82. The molecule has 0 atom stereocenters. The monoisotopic (exact) mass is 490 g/mol. The van der Waals surface area contributed by atoms with E-state index in [-0.39, 0.29) is 36.6 Å². The van der Waals surface area contributed by atoms with Crippen molar-refractivity contribution >= 4 is 33.5 Å². The first kappa shape index (κ1) is 22.8. The van der Waals surface area contributed by atoms with Crippen molar-refractivity contribution in [3.8, 4) is 5.69 Å². The number of aromatic nitrogens is 4. The number of hydrogen-bond donors (Lipinski definition) is 0. The number of ether oxygens (including phenoxy) is 1. The highest BCUT2D eigenvalue weighted by molar-refractivity contribution is 7.89. The second-order valence-electron chi connectivity index (χ2n) is 7.12. The van der Waals surface area contributed by atoms with Gasteiger partial charge in [0, 0.05) is 31.2 Å². The van der Waals surface area contributed by atoms with Gasteiger partial charge < -0.3 is 9.64 Å². The molecule has 0 unspecified atom stereocenters. The Hall–Kier alpha value is -3.35. The summed E-state index contributed by atoms with van der Waals surface area (Å²) in [4.78, 5) is 26.3. The minimum Gasteiger partial charge on any atom is -0.452 e. The van der Waals surface area contributed by atoms with Crippen molar-refractivity contribution in [1.29, 1.82) is 0 Å². The van der Waals surface area contributed by atoms with Gasteiger partial charge in [0.1, 0.15) is 6.33 Å². The quantitative estimate of drug-likeness (QED) is 0.468. The Kier molecular flexibility index (Phi) is 6.67. The summed E-state index contributed by atoms with van der Waals surface area (Å²) in [7, 11) is -3.67. The Morgan fingerprint density at radius 3 is 2.24 bits per heavy atom. The average Bonchev–Trinajstić information content (AvgIpc) is 3.38. The SMILES string of the molecule is O=C(OCC(=O)N1CCN(S(=O)(=O)c2ccc(Cl)cc2)CC1)c1ccc(-n2cnnn2)cc1. The minimum atomic E-state index is -3.67. The molecule has 3 aromatic rings. The lowest BCUT2D eigenvalue weighted by molar-refractivity contribution is -0.135. The fourth-order valence-corrected chi connectivity index (χ4v) is 4.81. The third kappa shape index (κ3) is 5.18. The molecule has 2 heterocycles. The molecule has 0 N–H and O–H groups in total. The van der Waals surface area contributed by atoms with Crippen LogP contribution in [-0.2, 0) is 19.6 Å². The Morgan fingerprint density at radius 2 is 1.64 bits per heavy atom. The summed E-state index contributed by atoms with van der Waals surface area (Å²) in [6.07, 6.45) is 1.42. The number of sulfonamides is 1. The number of halogens is 1. The first-order valence-corrected chi connectivity index (χ1v) is 11.7. The van der Waals surface area contributed by atoms with Crippen molar-refractivity contribution in [1.82, 2.24) is 29.4 Å². The van der Waals surface area contributed by atoms with Crippen LogP contribution in [0.3, 0.4) is 0 Å². The molecule has 172 valence electrons. The molecule has 1 aliphatic heterocycles. The van der Waals surface area contributed by atoms with E-state index in [0.29, 0.717) is 10.7 Å². The van der Waals surface area contributed by atoms with Crippen LogP contribution in [0.1, 0.15) is 10.4 Å². The van der Waals surface area contributed by atoms with E-state index in [4.69, 9.17) is 16.3 Å². The van der Waals surface area contributed by atoms with E-state index in [0.717, 1.165) is 0 Å². The van der Waals surface area contributed by atoms with Gasteiger partial charge in [-0.2, -0.15) is 4.31 Å². The third-order valence-electron chi connectivity index (χ3n) is 5.09. The van der Waals surface area contributed by atoms with Crippen molar-refractivity contribution in [3.05, 3.63) is 65.4 Å². The van der Waals surface area contributed by atoms with E-state index in [1.807, 2.05) is 0 Å². The zero-order valence-electron chi connectivity index (χ0n) is 17.2. The molecule has 1 aliphatic rings. The molecule has 1 amide bonds. The van der Waals surface area contributed by atoms with Gasteiger partial charge in [-0.05, 0) is 59.0 Å². The number of nitrogens with zero attached hydrogens (tertiary/aromatic N) is 6. The number of piperazine rings is 1. The molecule has 0 radical (unpaired) electrons. The number of amides is 1. The molecule has 2 aromatic carbocycles. The smallest absolute Gasteiger partial charge is 0.338 e. The topological polar surface area (TPSA) is 128 Å². The molecule has 0 saturated carbocycles. The first-order chi connectivity index (χ1) is 15.8. The molecule has 1 fully saturated rings. The Bertz CT molecular complexity index is 1220. The summed E-state index contributed by atoms with van der Waals surface area (Å²) in [6, 6.07) is 12.3. The van der Waals surface area contributed by atoms with Gasteiger partial charge >= 0.3 is 5.97 Å². The van der Waals surface area contributed by atoms with Crippen LogP contribution < -0.4 is 0 Å². The molecule has 0 spiro atoms. The van der Waals surface area contributed by atoms with Crippen LogP contribution >= 0.6 is 11.6 Å². The van der Waals surface area contributed by atoms with Crippen molar-refractivity contribution in [2.45, 2.75) is 4.90 Å². The minimum absolute atomic E-state index is 0.142. The van der Waals surface area contributed by atoms with Crippen LogP contribution in [0.25, 0.3) is 5.69 Å². The van der Waals surface area contributed by atoms with E-state index < -0.39 is 28.5 Å². The summed E-state index contributed by atoms with van der Waals surface area (Å²) < 4.78 is 33.4. The van der Waals surface area contributed by atoms with Gasteiger partial charge in [-0.1, -0.05) is 11.6 Å². The van der Waals surface area contributed by atoms with Crippen molar-refractivity contribution in [3.63, 3.8) is 0 Å². The number of rotatable bonds is 6.